The molecular formula is C21H19NO4. The number of nitrogens with zero attached hydrogens (tertiary/aromatic N) is 1. The molecule has 3 rings (SSSR count). The van der Waals surface area contributed by atoms with Crippen LogP contribution in [0.15, 0.2) is 54.8 Å². The number of fused-ring (bicyclic) bond motifs is 1. The van der Waals surface area contributed by atoms with Crippen molar-refractivity contribution < 1.29 is 8.83 Å². The molecule has 0 N–H and O–H groups in total. The van der Waals surface area contributed by atoms with Crippen molar-refractivity contribution in [3.05, 3.63) is 74.1 Å². The van der Waals surface area contributed by atoms with Gasteiger partial charge in [-0.25, -0.2) is 9.59 Å². The molecule has 0 spiro atoms. The fourth-order valence-electron chi connectivity index (χ4n) is 2.79. The number of hydrogen-bond acceptors (Lipinski definition) is 5. The maximum atomic E-state index is 12.2. The van der Waals surface area contributed by atoms with Gasteiger partial charge in [-0.1, -0.05) is 11.8 Å². The normalized spacial score (nSPS) is 10.4. The summed E-state index contributed by atoms with van der Waals surface area (Å²) in [5.74, 6) is 6.07. The van der Waals surface area contributed by atoms with Crippen LogP contribution in [0.2, 0.25) is 0 Å². The molecule has 0 radical (unpaired) electrons. The van der Waals surface area contributed by atoms with Crippen molar-refractivity contribution in [2.24, 2.45) is 0 Å². The van der Waals surface area contributed by atoms with Crippen LogP contribution < -0.4 is 16.2 Å². The van der Waals surface area contributed by atoms with Gasteiger partial charge in [-0.15, -0.1) is 0 Å². The third-order valence-corrected chi connectivity index (χ3v) is 4.08. The van der Waals surface area contributed by atoms with Crippen LogP contribution in [0.4, 0.5) is 5.69 Å². The van der Waals surface area contributed by atoms with Crippen molar-refractivity contribution in [2.75, 3.05) is 18.0 Å². The van der Waals surface area contributed by atoms with Gasteiger partial charge < -0.3 is 13.7 Å². The lowest BCUT2D eigenvalue weighted by molar-refractivity contribution is 0.479. The zero-order valence-electron chi connectivity index (χ0n) is 15.0. The molecule has 0 amide bonds. The molecule has 132 valence electrons. The Hall–Kier alpha value is -3.26. The molecule has 0 unspecified atom stereocenters. The first-order valence-corrected chi connectivity index (χ1v) is 8.47. The van der Waals surface area contributed by atoms with E-state index in [0.717, 1.165) is 24.2 Å². The van der Waals surface area contributed by atoms with Crippen molar-refractivity contribution in [1.82, 2.24) is 0 Å². The average molecular weight is 349 g/mol. The molecule has 0 aliphatic rings. The van der Waals surface area contributed by atoms with Crippen LogP contribution >= 0.6 is 0 Å². The second-order valence-electron chi connectivity index (χ2n) is 5.87. The topological polar surface area (TPSA) is 63.7 Å². The van der Waals surface area contributed by atoms with E-state index in [0.29, 0.717) is 16.9 Å². The minimum Gasteiger partial charge on any atom is -0.428 e. The van der Waals surface area contributed by atoms with Crippen molar-refractivity contribution in [2.45, 2.75) is 20.8 Å². The van der Waals surface area contributed by atoms with Gasteiger partial charge in [0.25, 0.3) is 0 Å². The number of hydrogen-bond donors (Lipinski definition) is 0. The predicted octanol–water partition coefficient (Wildman–Crippen LogP) is 3.30. The standard InChI is InChI=1S/C21H19NO4/c1-4-22(5-2)18-9-8-16-12-17(21(24)26-19(16)13-18)7-6-15-10-14(3)25-20(23)11-15/h8-13H,4-5H2,1-3H3. The highest BCUT2D eigenvalue weighted by Gasteiger charge is 2.07. The largest absolute Gasteiger partial charge is 0.428 e. The zero-order chi connectivity index (χ0) is 18.7. The van der Waals surface area contributed by atoms with E-state index in [2.05, 4.69) is 30.6 Å². The Balaban J connectivity index is 2.02. The zero-order valence-corrected chi connectivity index (χ0v) is 15.0. The van der Waals surface area contributed by atoms with E-state index in [9.17, 15) is 9.59 Å². The third-order valence-electron chi connectivity index (χ3n) is 4.08. The monoisotopic (exact) mass is 349 g/mol. The van der Waals surface area contributed by atoms with E-state index in [-0.39, 0.29) is 5.56 Å². The van der Waals surface area contributed by atoms with Crippen molar-refractivity contribution >= 4 is 16.7 Å². The first-order chi connectivity index (χ1) is 12.5. The van der Waals surface area contributed by atoms with Gasteiger partial charge in [0, 0.05) is 41.9 Å². The molecule has 0 saturated heterocycles. The molecule has 1 aromatic carbocycles. The highest BCUT2D eigenvalue weighted by molar-refractivity contribution is 5.81. The summed E-state index contributed by atoms with van der Waals surface area (Å²) in [6, 6.07) is 10.4. The van der Waals surface area contributed by atoms with Gasteiger partial charge in [-0.05, 0) is 45.0 Å². The Labute approximate surface area is 150 Å². The van der Waals surface area contributed by atoms with Gasteiger partial charge in [-0.3, -0.25) is 0 Å². The number of anilines is 1. The minimum atomic E-state index is -0.499. The molecule has 0 fully saturated rings. The Morgan fingerprint density at radius 2 is 1.73 bits per heavy atom. The Kier molecular flexibility index (Phi) is 4.94. The van der Waals surface area contributed by atoms with Gasteiger partial charge in [0.2, 0.25) is 0 Å². The van der Waals surface area contributed by atoms with E-state index >= 15 is 0 Å². The van der Waals surface area contributed by atoms with Crippen molar-refractivity contribution in [3.63, 3.8) is 0 Å². The van der Waals surface area contributed by atoms with Crippen LogP contribution in [0.3, 0.4) is 0 Å². The molecule has 3 aromatic rings. The summed E-state index contributed by atoms with van der Waals surface area (Å²) in [4.78, 5) is 25.8. The molecule has 2 heterocycles. The first-order valence-electron chi connectivity index (χ1n) is 8.47. The third kappa shape index (κ3) is 3.70. The first kappa shape index (κ1) is 17.6. The summed E-state index contributed by atoms with van der Waals surface area (Å²) in [6.07, 6.45) is 0. The van der Waals surface area contributed by atoms with E-state index in [1.165, 1.54) is 6.07 Å². The molecular weight excluding hydrogens is 330 g/mol. The Morgan fingerprint density at radius 3 is 2.42 bits per heavy atom. The molecule has 0 atom stereocenters. The summed E-state index contributed by atoms with van der Waals surface area (Å²) in [7, 11) is 0. The fourth-order valence-corrected chi connectivity index (χ4v) is 2.79. The van der Waals surface area contributed by atoms with E-state index in [1.807, 2.05) is 18.2 Å². The van der Waals surface area contributed by atoms with E-state index in [1.54, 1.807) is 19.1 Å². The predicted molar refractivity (Wildman–Crippen MR) is 102 cm³/mol. The van der Waals surface area contributed by atoms with Crippen LogP contribution in [0.25, 0.3) is 11.0 Å². The highest BCUT2D eigenvalue weighted by Crippen LogP contribution is 2.21. The number of aryl methyl sites for hydroxylation is 1. The maximum Gasteiger partial charge on any atom is 0.352 e. The van der Waals surface area contributed by atoms with E-state index in [4.69, 9.17) is 8.83 Å². The minimum absolute atomic E-state index is 0.249. The maximum absolute atomic E-state index is 12.2. The average Bonchev–Trinajstić information content (AvgIpc) is 2.60. The van der Waals surface area contributed by atoms with Crippen LogP contribution in [0.5, 0.6) is 0 Å². The lowest BCUT2D eigenvalue weighted by atomic mass is 10.1. The molecule has 26 heavy (non-hydrogen) atoms. The lowest BCUT2D eigenvalue weighted by Crippen LogP contribution is -2.21. The smallest absolute Gasteiger partial charge is 0.352 e. The molecule has 2 aromatic heterocycles. The summed E-state index contributed by atoms with van der Waals surface area (Å²) in [5.41, 5.74) is 1.32. The Morgan fingerprint density at radius 1 is 0.962 bits per heavy atom. The summed E-state index contributed by atoms with van der Waals surface area (Å²) >= 11 is 0. The van der Waals surface area contributed by atoms with Gasteiger partial charge >= 0.3 is 11.3 Å². The fraction of sp³-hybridized carbons (Fsp3) is 0.238. The SMILES string of the molecule is CCN(CC)c1ccc2cc(C#Cc3cc(C)oc(=O)c3)c(=O)oc2c1. The second kappa shape index (κ2) is 7.32. The van der Waals surface area contributed by atoms with Gasteiger partial charge in [-0.2, -0.15) is 0 Å². The number of rotatable bonds is 3. The van der Waals surface area contributed by atoms with Crippen LogP contribution in [0.1, 0.15) is 30.7 Å². The number of benzene rings is 1. The molecule has 0 aliphatic heterocycles. The van der Waals surface area contributed by atoms with Gasteiger partial charge in [0.05, 0.1) is 0 Å². The van der Waals surface area contributed by atoms with E-state index < -0.39 is 11.3 Å². The van der Waals surface area contributed by atoms with Crippen molar-refractivity contribution in [1.29, 1.82) is 0 Å². The second-order valence-corrected chi connectivity index (χ2v) is 5.87. The molecule has 0 bridgehead atoms. The summed E-state index contributed by atoms with van der Waals surface area (Å²) < 4.78 is 10.3. The lowest BCUT2D eigenvalue weighted by Gasteiger charge is -2.20. The van der Waals surface area contributed by atoms with Crippen LogP contribution in [-0.2, 0) is 0 Å². The molecule has 0 aliphatic carbocycles. The highest BCUT2D eigenvalue weighted by atomic mass is 16.4. The van der Waals surface area contributed by atoms with Crippen LogP contribution in [0, 0.1) is 18.8 Å². The summed E-state index contributed by atoms with van der Waals surface area (Å²) in [6.45, 7) is 7.58. The van der Waals surface area contributed by atoms with Gasteiger partial charge in [0.15, 0.2) is 0 Å². The van der Waals surface area contributed by atoms with Crippen LogP contribution in [-0.4, -0.2) is 13.1 Å². The van der Waals surface area contributed by atoms with Gasteiger partial charge in [0.1, 0.15) is 16.9 Å². The Bertz CT molecular complexity index is 1120. The summed E-state index contributed by atoms with van der Waals surface area (Å²) in [5, 5.41) is 0.800. The molecule has 5 heteroatoms. The van der Waals surface area contributed by atoms with Crippen molar-refractivity contribution in [3.8, 4) is 11.8 Å². The molecule has 0 saturated carbocycles. The quantitative estimate of drug-likeness (QED) is 0.536. The molecule has 5 nitrogen and oxygen atoms in total.